The Kier molecular flexibility index (Phi) is 3.78. The summed E-state index contributed by atoms with van der Waals surface area (Å²) in [5.41, 5.74) is 1.86. The topological polar surface area (TPSA) is 61.0 Å². The molecule has 2 heterocycles. The maximum absolute atomic E-state index is 12.1. The lowest BCUT2D eigenvalue weighted by Gasteiger charge is -2.15. The molecule has 1 aliphatic heterocycles. The first-order valence-electron chi connectivity index (χ1n) is 6.93. The Morgan fingerprint density at radius 2 is 2.15 bits per heavy atom. The number of anilines is 1. The Labute approximate surface area is 118 Å². The molecule has 2 N–H and O–H groups in total. The van der Waals surface area contributed by atoms with E-state index in [2.05, 4.69) is 26.5 Å². The van der Waals surface area contributed by atoms with Crippen LogP contribution in [0.15, 0.2) is 36.5 Å². The van der Waals surface area contributed by atoms with Crippen molar-refractivity contribution in [1.29, 1.82) is 0 Å². The number of H-pyrrole nitrogens is 1. The van der Waals surface area contributed by atoms with Gasteiger partial charge >= 0.3 is 0 Å². The van der Waals surface area contributed by atoms with Crippen LogP contribution in [0.25, 0.3) is 0 Å². The molecule has 3 rings (SSSR count). The first kappa shape index (κ1) is 12.9. The maximum Gasteiger partial charge on any atom is 0.256 e. The molecule has 1 saturated heterocycles. The zero-order valence-electron chi connectivity index (χ0n) is 11.3. The van der Waals surface area contributed by atoms with E-state index in [0.29, 0.717) is 11.4 Å². The molecule has 1 fully saturated rings. The monoisotopic (exact) mass is 270 g/mol. The zero-order valence-corrected chi connectivity index (χ0v) is 11.3. The average molecular weight is 270 g/mol. The number of benzene rings is 1. The highest BCUT2D eigenvalue weighted by Crippen LogP contribution is 2.14. The molecule has 0 bridgehead atoms. The summed E-state index contributed by atoms with van der Waals surface area (Å²) in [5.74, 6) is 0.498. The summed E-state index contributed by atoms with van der Waals surface area (Å²) < 4.78 is 0. The molecule has 20 heavy (non-hydrogen) atoms. The second-order valence-electron chi connectivity index (χ2n) is 5.11. The van der Waals surface area contributed by atoms with Crippen molar-refractivity contribution < 1.29 is 4.79 Å². The fourth-order valence-electron chi connectivity index (χ4n) is 2.53. The Bertz CT molecular complexity index is 573. The van der Waals surface area contributed by atoms with Gasteiger partial charge in [0.05, 0.1) is 6.20 Å². The first-order chi connectivity index (χ1) is 9.81. The number of nitrogens with one attached hydrogen (secondary N) is 2. The van der Waals surface area contributed by atoms with Crippen molar-refractivity contribution in [3.8, 4) is 0 Å². The second-order valence-corrected chi connectivity index (χ2v) is 5.11. The van der Waals surface area contributed by atoms with Crippen LogP contribution in [-0.2, 0) is 6.54 Å². The Morgan fingerprint density at radius 3 is 2.90 bits per heavy atom. The van der Waals surface area contributed by atoms with E-state index in [-0.39, 0.29) is 5.91 Å². The van der Waals surface area contributed by atoms with Gasteiger partial charge in [0.25, 0.3) is 5.91 Å². The molecule has 1 aromatic heterocycles. The normalized spacial score (nSPS) is 15.4. The van der Waals surface area contributed by atoms with Crippen LogP contribution in [0.5, 0.6) is 0 Å². The lowest BCUT2D eigenvalue weighted by molar-refractivity contribution is 0.102. The zero-order chi connectivity index (χ0) is 13.8. The predicted molar refractivity (Wildman–Crippen MR) is 77.5 cm³/mol. The van der Waals surface area contributed by atoms with Gasteiger partial charge in [-0.15, -0.1) is 0 Å². The minimum atomic E-state index is -0.113. The van der Waals surface area contributed by atoms with Crippen molar-refractivity contribution in [2.75, 3.05) is 18.4 Å². The molecular weight excluding hydrogens is 252 g/mol. The molecule has 0 atom stereocenters. The van der Waals surface area contributed by atoms with Crippen LogP contribution in [-0.4, -0.2) is 34.1 Å². The molecule has 5 heteroatoms. The van der Waals surface area contributed by atoms with E-state index in [1.165, 1.54) is 18.4 Å². The van der Waals surface area contributed by atoms with Crippen LogP contribution in [0.2, 0.25) is 0 Å². The summed E-state index contributed by atoms with van der Waals surface area (Å²) in [6.07, 6.45) is 4.17. The quantitative estimate of drug-likeness (QED) is 0.896. The van der Waals surface area contributed by atoms with Crippen LogP contribution < -0.4 is 5.32 Å². The largest absolute Gasteiger partial charge is 0.307 e. The Hall–Kier alpha value is -2.14. The minimum Gasteiger partial charge on any atom is -0.307 e. The molecule has 5 nitrogen and oxygen atoms in total. The van der Waals surface area contributed by atoms with Crippen LogP contribution in [0.3, 0.4) is 0 Å². The van der Waals surface area contributed by atoms with Gasteiger partial charge in [-0.25, -0.2) is 0 Å². The van der Waals surface area contributed by atoms with Gasteiger partial charge in [0, 0.05) is 18.2 Å². The van der Waals surface area contributed by atoms with Crippen LogP contribution in [0, 0.1) is 0 Å². The van der Waals surface area contributed by atoms with Crippen LogP contribution in [0.1, 0.15) is 28.8 Å². The molecule has 1 amide bonds. The minimum absolute atomic E-state index is 0.113. The second kappa shape index (κ2) is 5.88. The highest BCUT2D eigenvalue weighted by Gasteiger charge is 2.13. The fourth-order valence-corrected chi connectivity index (χ4v) is 2.53. The van der Waals surface area contributed by atoms with E-state index in [1.54, 1.807) is 12.3 Å². The van der Waals surface area contributed by atoms with Crippen molar-refractivity contribution >= 4 is 11.7 Å². The van der Waals surface area contributed by atoms with E-state index in [9.17, 15) is 4.79 Å². The van der Waals surface area contributed by atoms with E-state index in [1.807, 2.05) is 18.2 Å². The van der Waals surface area contributed by atoms with E-state index in [4.69, 9.17) is 0 Å². The summed E-state index contributed by atoms with van der Waals surface area (Å²) in [7, 11) is 0. The van der Waals surface area contributed by atoms with E-state index < -0.39 is 0 Å². The summed E-state index contributed by atoms with van der Waals surface area (Å²) in [6.45, 7) is 3.24. The van der Waals surface area contributed by atoms with Crippen molar-refractivity contribution in [2.45, 2.75) is 19.4 Å². The smallest absolute Gasteiger partial charge is 0.256 e. The van der Waals surface area contributed by atoms with Crippen LogP contribution in [0.4, 0.5) is 5.82 Å². The van der Waals surface area contributed by atoms with E-state index >= 15 is 0 Å². The van der Waals surface area contributed by atoms with Gasteiger partial charge < -0.3 is 5.32 Å². The number of carbonyl (C=O) groups excluding carboxylic acids is 1. The molecule has 0 spiro atoms. The Morgan fingerprint density at radius 1 is 1.30 bits per heavy atom. The molecule has 2 aromatic rings. The predicted octanol–water partition coefficient (Wildman–Crippen LogP) is 2.26. The molecule has 0 saturated carbocycles. The molecule has 0 unspecified atom stereocenters. The SMILES string of the molecule is O=C(Nc1ccn[nH]1)c1cccc(CN2CCCC2)c1. The number of aromatic amines is 1. The van der Waals surface area contributed by atoms with Gasteiger partial charge in [-0.2, -0.15) is 5.10 Å². The maximum atomic E-state index is 12.1. The number of likely N-dealkylation sites (tertiary alicyclic amines) is 1. The molecule has 0 aliphatic carbocycles. The molecular formula is C15H18N4O. The molecule has 1 aliphatic rings. The summed E-state index contributed by atoms with van der Waals surface area (Å²) in [6, 6.07) is 9.54. The average Bonchev–Trinajstić information content (AvgIpc) is 3.12. The third-order valence-corrected chi connectivity index (χ3v) is 3.54. The van der Waals surface area contributed by atoms with Crippen LogP contribution >= 0.6 is 0 Å². The van der Waals surface area contributed by atoms with Gasteiger partial charge in [-0.1, -0.05) is 12.1 Å². The summed E-state index contributed by atoms with van der Waals surface area (Å²) in [5, 5.41) is 9.32. The van der Waals surface area contributed by atoms with Crippen molar-refractivity contribution in [3.63, 3.8) is 0 Å². The molecule has 104 valence electrons. The van der Waals surface area contributed by atoms with Gasteiger partial charge in [-0.05, 0) is 43.6 Å². The first-order valence-corrected chi connectivity index (χ1v) is 6.93. The van der Waals surface area contributed by atoms with Gasteiger partial charge in [-0.3, -0.25) is 14.8 Å². The molecule has 1 aromatic carbocycles. The van der Waals surface area contributed by atoms with Gasteiger partial charge in [0.2, 0.25) is 0 Å². The Balaban J connectivity index is 1.68. The van der Waals surface area contributed by atoms with Crippen molar-refractivity contribution in [1.82, 2.24) is 15.1 Å². The number of amides is 1. The number of hydrogen-bond donors (Lipinski definition) is 2. The highest BCUT2D eigenvalue weighted by molar-refractivity contribution is 6.03. The third-order valence-electron chi connectivity index (χ3n) is 3.54. The standard InChI is InChI=1S/C15H18N4O/c20-15(17-14-6-7-16-18-14)13-5-3-4-12(10-13)11-19-8-1-2-9-19/h3-7,10H,1-2,8-9,11H2,(H2,16,17,18,20). The lowest BCUT2D eigenvalue weighted by atomic mass is 10.1. The van der Waals surface area contributed by atoms with Crippen molar-refractivity contribution in [3.05, 3.63) is 47.7 Å². The van der Waals surface area contributed by atoms with Gasteiger partial charge in [0.15, 0.2) is 0 Å². The highest BCUT2D eigenvalue weighted by atomic mass is 16.1. The summed E-state index contributed by atoms with van der Waals surface area (Å²) >= 11 is 0. The van der Waals surface area contributed by atoms with Crippen molar-refractivity contribution in [2.24, 2.45) is 0 Å². The molecule has 0 radical (unpaired) electrons. The van der Waals surface area contributed by atoms with Gasteiger partial charge in [0.1, 0.15) is 5.82 Å². The number of aromatic nitrogens is 2. The number of carbonyl (C=O) groups is 1. The number of nitrogens with zero attached hydrogens (tertiary/aromatic N) is 2. The fraction of sp³-hybridized carbons (Fsp3) is 0.333. The number of rotatable bonds is 4. The lowest BCUT2D eigenvalue weighted by Crippen LogP contribution is -2.19. The summed E-state index contributed by atoms with van der Waals surface area (Å²) in [4.78, 5) is 14.6. The van der Waals surface area contributed by atoms with E-state index in [0.717, 1.165) is 19.6 Å². The third kappa shape index (κ3) is 3.05. The number of hydrogen-bond acceptors (Lipinski definition) is 3.